The first-order valence-electron chi connectivity index (χ1n) is 14.1. The van der Waals surface area contributed by atoms with Crippen molar-refractivity contribution in [2.45, 2.75) is 46.1 Å². The largest absolute Gasteiger partial charge is 0.396 e. The van der Waals surface area contributed by atoms with E-state index in [0.29, 0.717) is 57.4 Å². The van der Waals surface area contributed by atoms with E-state index in [0.717, 1.165) is 51.8 Å². The number of nitrogens with zero attached hydrogens (tertiary/aromatic N) is 7. The molecule has 5 rings (SSSR count). The van der Waals surface area contributed by atoms with Crippen LogP contribution in [0.4, 0.5) is 16.4 Å². The molecular formula is C30H38N8O2. The number of rotatable bonds is 6. The molecule has 1 aromatic carbocycles. The molecule has 210 valence electrons. The van der Waals surface area contributed by atoms with Crippen LogP contribution >= 0.6 is 0 Å². The van der Waals surface area contributed by atoms with Crippen LogP contribution in [0.15, 0.2) is 30.5 Å². The van der Waals surface area contributed by atoms with Crippen LogP contribution in [-0.2, 0) is 6.42 Å². The lowest BCUT2D eigenvalue weighted by atomic mass is 9.96. The number of aliphatic hydroxyl groups excluding tert-OH is 1. The van der Waals surface area contributed by atoms with Crippen LogP contribution in [0.2, 0.25) is 0 Å². The van der Waals surface area contributed by atoms with E-state index in [1.165, 1.54) is 0 Å². The molecule has 1 atom stereocenters. The maximum Gasteiger partial charge on any atom is 0.320 e. The molecule has 0 bridgehead atoms. The highest BCUT2D eigenvalue weighted by Gasteiger charge is 2.29. The molecule has 0 spiro atoms. The van der Waals surface area contributed by atoms with Crippen LogP contribution in [0, 0.1) is 31.1 Å². The number of aliphatic hydroxyl groups is 1. The van der Waals surface area contributed by atoms with Crippen molar-refractivity contribution >= 4 is 28.4 Å². The molecule has 10 heteroatoms. The van der Waals surface area contributed by atoms with Gasteiger partial charge in [0.1, 0.15) is 5.82 Å². The van der Waals surface area contributed by atoms with Gasteiger partial charge in [0.25, 0.3) is 0 Å². The van der Waals surface area contributed by atoms with E-state index in [-0.39, 0.29) is 18.7 Å². The number of urea groups is 1. The van der Waals surface area contributed by atoms with Crippen LogP contribution in [0.1, 0.15) is 48.2 Å². The number of nitriles is 1. The number of likely N-dealkylation sites (tertiary alicyclic amines) is 1. The Labute approximate surface area is 235 Å². The molecule has 4 heterocycles. The van der Waals surface area contributed by atoms with Crippen LogP contribution in [0.5, 0.6) is 0 Å². The average molecular weight is 543 g/mol. The highest BCUT2D eigenvalue weighted by Crippen LogP contribution is 2.30. The average Bonchev–Trinajstić information content (AvgIpc) is 2.99. The predicted octanol–water partition coefficient (Wildman–Crippen LogP) is 3.83. The summed E-state index contributed by atoms with van der Waals surface area (Å²) in [6, 6.07) is 10.5. The second-order valence-corrected chi connectivity index (χ2v) is 10.9. The summed E-state index contributed by atoms with van der Waals surface area (Å²) in [7, 11) is 0. The number of fused-ring (bicyclic) bond motifs is 1. The fourth-order valence-corrected chi connectivity index (χ4v) is 5.81. The summed E-state index contributed by atoms with van der Waals surface area (Å²) in [4.78, 5) is 23.9. The molecule has 2 aliphatic rings. The van der Waals surface area contributed by atoms with Crippen molar-refractivity contribution in [1.29, 1.82) is 5.26 Å². The number of pyridine rings is 1. The van der Waals surface area contributed by atoms with Crippen molar-refractivity contribution in [2.75, 3.05) is 56.1 Å². The Balaban J connectivity index is 1.30. The summed E-state index contributed by atoms with van der Waals surface area (Å²) < 4.78 is 0. The maximum absolute atomic E-state index is 13.1. The van der Waals surface area contributed by atoms with Gasteiger partial charge in [-0.25, -0.2) is 9.78 Å². The normalized spacial score (nSPS) is 17.1. The summed E-state index contributed by atoms with van der Waals surface area (Å²) in [5, 5.41) is 32.9. The highest BCUT2D eigenvalue weighted by molar-refractivity contribution is 5.94. The number of aryl methyl sites for hydroxylation is 1. The molecule has 2 aromatic heterocycles. The van der Waals surface area contributed by atoms with Gasteiger partial charge < -0.3 is 25.1 Å². The smallest absolute Gasteiger partial charge is 0.320 e. The number of carbonyl (C=O) groups excluding carboxylic acids is 1. The minimum absolute atomic E-state index is 0.0348. The Morgan fingerprint density at radius 1 is 1.10 bits per heavy atom. The molecule has 40 heavy (non-hydrogen) atoms. The fraction of sp³-hybridized carbons (Fsp3) is 0.500. The summed E-state index contributed by atoms with van der Waals surface area (Å²) in [6.45, 7) is 10.4. The van der Waals surface area contributed by atoms with E-state index in [1.54, 1.807) is 0 Å². The van der Waals surface area contributed by atoms with Crippen molar-refractivity contribution in [1.82, 2.24) is 25.0 Å². The van der Waals surface area contributed by atoms with Crippen molar-refractivity contribution < 1.29 is 9.90 Å². The molecule has 10 nitrogen and oxygen atoms in total. The van der Waals surface area contributed by atoms with Gasteiger partial charge in [0.2, 0.25) is 0 Å². The first-order valence-corrected chi connectivity index (χ1v) is 14.1. The third-order valence-corrected chi connectivity index (χ3v) is 8.43. The monoisotopic (exact) mass is 542 g/mol. The van der Waals surface area contributed by atoms with Gasteiger partial charge in [-0.3, -0.25) is 0 Å². The van der Waals surface area contributed by atoms with E-state index in [2.05, 4.69) is 52.5 Å². The molecule has 2 amide bonds. The van der Waals surface area contributed by atoms with Crippen molar-refractivity contribution in [3.63, 3.8) is 0 Å². The van der Waals surface area contributed by atoms with Crippen LogP contribution in [0.25, 0.3) is 10.8 Å². The van der Waals surface area contributed by atoms with E-state index >= 15 is 0 Å². The van der Waals surface area contributed by atoms with Crippen LogP contribution in [-0.4, -0.2) is 82.0 Å². The second kappa shape index (κ2) is 12.0. The molecule has 2 fully saturated rings. The topological polar surface area (TPSA) is 122 Å². The van der Waals surface area contributed by atoms with E-state index in [9.17, 15) is 15.2 Å². The predicted molar refractivity (Wildman–Crippen MR) is 155 cm³/mol. The van der Waals surface area contributed by atoms with Crippen LogP contribution < -0.4 is 10.2 Å². The van der Waals surface area contributed by atoms with Gasteiger partial charge in [-0.1, -0.05) is 18.2 Å². The Morgan fingerprint density at radius 3 is 2.52 bits per heavy atom. The van der Waals surface area contributed by atoms with Crippen molar-refractivity contribution in [3.05, 3.63) is 52.8 Å². The number of hydrogen-bond donors (Lipinski definition) is 2. The Bertz CT molecular complexity index is 1400. The maximum atomic E-state index is 13.1. The number of carbonyl (C=O) groups is 1. The number of hydrogen-bond acceptors (Lipinski definition) is 8. The van der Waals surface area contributed by atoms with Crippen molar-refractivity contribution in [3.8, 4) is 6.07 Å². The molecule has 0 aliphatic carbocycles. The molecule has 0 saturated carbocycles. The van der Waals surface area contributed by atoms with Gasteiger partial charge in [-0.05, 0) is 62.3 Å². The molecular weight excluding hydrogens is 504 g/mol. The number of aromatic nitrogens is 3. The van der Waals surface area contributed by atoms with E-state index in [1.807, 2.05) is 35.1 Å². The van der Waals surface area contributed by atoms with Gasteiger partial charge in [-0.2, -0.15) is 10.4 Å². The number of benzene rings is 1. The van der Waals surface area contributed by atoms with E-state index < -0.39 is 0 Å². The Hall–Kier alpha value is -3.97. The molecule has 0 radical (unpaired) electrons. The summed E-state index contributed by atoms with van der Waals surface area (Å²) in [6.07, 6.45) is 3.98. The van der Waals surface area contributed by atoms with Gasteiger partial charge in [-0.15, -0.1) is 5.10 Å². The zero-order valence-electron chi connectivity index (χ0n) is 23.6. The third kappa shape index (κ3) is 5.65. The first kappa shape index (κ1) is 27.6. The van der Waals surface area contributed by atoms with Gasteiger partial charge >= 0.3 is 6.03 Å². The van der Waals surface area contributed by atoms with E-state index in [4.69, 9.17) is 4.98 Å². The van der Waals surface area contributed by atoms with Gasteiger partial charge in [0.15, 0.2) is 5.82 Å². The minimum atomic E-state index is -0.0348. The quantitative estimate of drug-likeness (QED) is 0.482. The van der Waals surface area contributed by atoms with Gasteiger partial charge in [0.05, 0.1) is 24.2 Å². The molecule has 2 N–H and O–H groups in total. The number of piperidine rings is 1. The minimum Gasteiger partial charge on any atom is -0.396 e. The lowest BCUT2D eigenvalue weighted by Gasteiger charge is -2.40. The zero-order chi connectivity index (χ0) is 28.2. The van der Waals surface area contributed by atoms with Gasteiger partial charge in [0, 0.05) is 62.8 Å². The Kier molecular flexibility index (Phi) is 8.31. The SMILES string of the molecule is Cc1c(CC#N)cccc1[C@@H](C)Nc1nnc(C)c2cnc(N3CCN(C(=O)N4CCC(CO)CC4)CC3)cc12. The van der Waals surface area contributed by atoms with Crippen molar-refractivity contribution in [2.24, 2.45) is 5.92 Å². The zero-order valence-corrected chi connectivity index (χ0v) is 23.6. The number of nitrogens with one attached hydrogen (secondary N) is 1. The third-order valence-electron chi connectivity index (χ3n) is 8.43. The number of amides is 2. The fourth-order valence-electron chi connectivity index (χ4n) is 5.81. The Morgan fingerprint density at radius 2 is 1.82 bits per heavy atom. The summed E-state index contributed by atoms with van der Waals surface area (Å²) in [5.74, 6) is 1.87. The number of anilines is 2. The molecule has 0 unspecified atom stereocenters. The summed E-state index contributed by atoms with van der Waals surface area (Å²) >= 11 is 0. The second-order valence-electron chi connectivity index (χ2n) is 10.9. The summed E-state index contributed by atoms with van der Waals surface area (Å²) in [5.41, 5.74) is 4.09. The lowest BCUT2D eigenvalue weighted by molar-refractivity contribution is 0.112. The molecule has 3 aromatic rings. The standard InChI is InChI=1S/C30H38N8O2/c1-20-24(7-10-31)5-4-6-25(20)21(2)33-29-26-17-28(32-18-27(26)22(3)34-35-29)36-13-15-38(16-14-36)30(40)37-11-8-23(19-39)9-12-37/h4-6,17-18,21,23,39H,7-9,11-16,19H2,1-3H3,(H,33,35)/t21-/m1/s1. The molecule has 2 saturated heterocycles. The molecule has 2 aliphatic heterocycles. The highest BCUT2D eigenvalue weighted by atomic mass is 16.3. The lowest BCUT2D eigenvalue weighted by Crippen LogP contribution is -2.54. The van der Waals surface area contributed by atoms with Crippen LogP contribution in [0.3, 0.4) is 0 Å². The number of piperazine rings is 1. The first-order chi connectivity index (χ1) is 19.4.